The van der Waals surface area contributed by atoms with Gasteiger partial charge in [0.25, 0.3) is 11.8 Å². The predicted molar refractivity (Wildman–Crippen MR) is 85.6 cm³/mol. The lowest BCUT2D eigenvalue weighted by molar-refractivity contribution is -0.120. The Kier molecular flexibility index (Phi) is 5.91. The van der Waals surface area contributed by atoms with Crippen LogP contribution < -0.4 is 10.1 Å². The van der Waals surface area contributed by atoms with Crippen LogP contribution in [0.1, 0.15) is 23.2 Å². The number of amides is 2. The van der Waals surface area contributed by atoms with Gasteiger partial charge in [-0.15, -0.1) is 0 Å². The summed E-state index contributed by atoms with van der Waals surface area (Å²) in [6.45, 7) is 1.18. The lowest BCUT2D eigenvalue weighted by Gasteiger charge is -2.32. The third-order valence-electron chi connectivity index (χ3n) is 3.66. The summed E-state index contributed by atoms with van der Waals surface area (Å²) in [7, 11) is 1.59. The molecule has 2 amide bonds. The van der Waals surface area contributed by atoms with Gasteiger partial charge in [-0.05, 0) is 37.1 Å². The van der Waals surface area contributed by atoms with Gasteiger partial charge < -0.3 is 15.0 Å². The number of methoxy groups -OCH3 is 1. The number of piperidine rings is 1. The van der Waals surface area contributed by atoms with E-state index in [1.54, 1.807) is 36.3 Å². The van der Waals surface area contributed by atoms with Crippen molar-refractivity contribution in [1.82, 2.24) is 10.2 Å². The zero-order chi connectivity index (χ0) is 16.1. The van der Waals surface area contributed by atoms with Crippen molar-refractivity contribution in [2.24, 2.45) is 0 Å². The second kappa shape index (κ2) is 7.70. The summed E-state index contributed by atoms with van der Waals surface area (Å²) in [6, 6.07) is 7.04. The number of likely N-dealkylation sites (tertiary alicyclic amines) is 1. The van der Waals surface area contributed by atoms with Crippen molar-refractivity contribution < 1.29 is 14.3 Å². The first-order chi connectivity index (χ1) is 10.5. The first-order valence-corrected chi connectivity index (χ1v) is 7.90. The Hall–Kier alpha value is -1.46. The van der Waals surface area contributed by atoms with Gasteiger partial charge in [-0.2, -0.15) is 0 Å². The summed E-state index contributed by atoms with van der Waals surface area (Å²) in [6.07, 6.45) is 1.38. The Labute approximate surface area is 139 Å². The van der Waals surface area contributed by atoms with Crippen molar-refractivity contribution in [3.05, 3.63) is 29.8 Å². The zero-order valence-corrected chi connectivity index (χ0v) is 13.7. The molecule has 2 rings (SSSR count). The molecular formula is C15H18Cl2N2O3. The van der Waals surface area contributed by atoms with Gasteiger partial charge in [-0.1, -0.05) is 23.2 Å². The van der Waals surface area contributed by atoms with Crippen LogP contribution in [0, 0.1) is 0 Å². The normalized spacial score (nSPS) is 15.7. The Morgan fingerprint density at radius 1 is 1.23 bits per heavy atom. The minimum absolute atomic E-state index is 0.00687. The quantitative estimate of drug-likeness (QED) is 0.852. The summed E-state index contributed by atoms with van der Waals surface area (Å²) in [4.78, 5) is 24.6. The maximum Gasteiger partial charge on any atom is 0.253 e. The number of ether oxygens (including phenoxy) is 1. The van der Waals surface area contributed by atoms with E-state index >= 15 is 0 Å². The van der Waals surface area contributed by atoms with Gasteiger partial charge in [-0.25, -0.2) is 0 Å². The standard InChI is InChI=1S/C15H18Cl2N2O3/c1-22-12-4-2-10(3-5-12)15(21)19-8-6-11(7-9-19)18-14(20)13(16)17/h2-5,11,13H,6-9H2,1H3,(H,18,20). The summed E-state index contributed by atoms with van der Waals surface area (Å²) in [5, 5.41) is 2.78. The molecule has 1 aromatic rings. The van der Waals surface area contributed by atoms with Crippen molar-refractivity contribution in [3.63, 3.8) is 0 Å². The van der Waals surface area contributed by atoms with E-state index in [1.165, 1.54) is 0 Å². The number of alkyl halides is 2. The Bertz CT molecular complexity index is 526. The number of rotatable bonds is 4. The number of benzene rings is 1. The number of halogens is 2. The van der Waals surface area contributed by atoms with Crippen LogP contribution in [0.15, 0.2) is 24.3 Å². The Morgan fingerprint density at radius 3 is 2.32 bits per heavy atom. The van der Waals surface area contributed by atoms with Gasteiger partial charge in [0.05, 0.1) is 7.11 Å². The van der Waals surface area contributed by atoms with Crippen molar-refractivity contribution in [2.75, 3.05) is 20.2 Å². The first-order valence-electron chi connectivity index (χ1n) is 7.03. The van der Waals surface area contributed by atoms with Crippen LogP contribution in [0.5, 0.6) is 5.75 Å². The van der Waals surface area contributed by atoms with Crippen LogP contribution in [0.25, 0.3) is 0 Å². The molecule has 0 spiro atoms. The van der Waals surface area contributed by atoms with E-state index < -0.39 is 4.84 Å². The summed E-state index contributed by atoms with van der Waals surface area (Å²) < 4.78 is 5.08. The highest BCUT2D eigenvalue weighted by Gasteiger charge is 2.25. The van der Waals surface area contributed by atoms with E-state index in [0.717, 1.165) is 5.75 Å². The number of carbonyl (C=O) groups is 2. The SMILES string of the molecule is COc1ccc(C(=O)N2CCC(NC(=O)C(Cl)Cl)CC2)cc1. The highest BCUT2D eigenvalue weighted by atomic mass is 35.5. The largest absolute Gasteiger partial charge is 0.497 e. The second-order valence-corrected chi connectivity index (χ2v) is 6.20. The fourth-order valence-corrected chi connectivity index (χ4v) is 2.53. The number of hydrogen-bond acceptors (Lipinski definition) is 3. The molecule has 0 unspecified atom stereocenters. The van der Waals surface area contributed by atoms with Crippen LogP contribution in [0.3, 0.4) is 0 Å². The average Bonchev–Trinajstić information content (AvgIpc) is 2.55. The minimum Gasteiger partial charge on any atom is -0.497 e. The van der Waals surface area contributed by atoms with E-state index in [9.17, 15) is 9.59 Å². The van der Waals surface area contributed by atoms with Crippen molar-refractivity contribution in [1.29, 1.82) is 0 Å². The highest BCUT2D eigenvalue weighted by Crippen LogP contribution is 2.17. The van der Waals surface area contributed by atoms with Gasteiger partial charge in [-0.3, -0.25) is 9.59 Å². The van der Waals surface area contributed by atoms with E-state index in [2.05, 4.69) is 5.32 Å². The molecule has 120 valence electrons. The second-order valence-electron chi connectivity index (χ2n) is 5.10. The molecule has 1 saturated heterocycles. The highest BCUT2D eigenvalue weighted by molar-refractivity contribution is 6.53. The minimum atomic E-state index is -1.06. The van der Waals surface area contributed by atoms with E-state index in [0.29, 0.717) is 31.5 Å². The molecule has 1 heterocycles. The van der Waals surface area contributed by atoms with Gasteiger partial charge in [0, 0.05) is 24.7 Å². The third-order valence-corrected chi connectivity index (χ3v) is 4.06. The fraction of sp³-hybridized carbons (Fsp3) is 0.467. The fourth-order valence-electron chi connectivity index (χ4n) is 2.41. The monoisotopic (exact) mass is 344 g/mol. The molecule has 1 fully saturated rings. The molecular weight excluding hydrogens is 327 g/mol. The maximum atomic E-state index is 12.4. The molecule has 22 heavy (non-hydrogen) atoms. The van der Waals surface area contributed by atoms with Crippen molar-refractivity contribution in [3.8, 4) is 5.75 Å². The number of hydrogen-bond donors (Lipinski definition) is 1. The molecule has 0 saturated carbocycles. The molecule has 1 N–H and O–H groups in total. The summed E-state index contributed by atoms with van der Waals surface area (Å²) >= 11 is 11.0. The molecule has 0 atom stereocenters. The Morgan fingerprint density at radius 2 is 1.82 bits per heavy atom. The maximum absolute atomic E-state index is 12.4. The molecule has 0 aliphatic carbocycles. The molecule has 7 heteroatoms. The lowest BCUT2D eigenvalue weighted by Crippen LogP contribution is -2.47. The molecule has 1 aliphatic rings. The molecule has 5 nitrogen and oxygen atoms in total. The lowest BCUT2D eigenvalue weighted by atomic mass is 10.0. The summed E-state index contributed by atoms with van der Waals surface area (Å²) in [5.74, 6) is 0.318. The van der Waals surface area contributed by atoms with E-state index in [1.807, 2.05) is 0 Å². The van der Waals surface area contributed by atoms with Crippen LogP contribution >= 0.6 is 23.2 Å². The smallest absolute Gasteiger partial charge is 0.253 e. The van der Waals surface area contributed by atoms with E-state index in [4.69, 9.17) is 27.9 Å². The topological polar surface area (TPSA) is 58.6 Å². The van der Waals surface area contributed by atoms with Crippen LogP contribution in [0.4, 0.5) is 0 Å². The average molecular weight is 345 g/mol. The van der Waals surface area contributed by atoms with Gasteiger partial charge >= 0.3 is 0 Å². The van der Waals surface area contributed by atoms with E-state index in [-0.39, 0.29) is 17.9 Å². The number of nitrogens with zero attached hydrogens (tertiary/aromatic N) is 1. The van der Waals surface area contributed by atoms with Crippen LogP contribution in [0.2, 0.25) is 0 Å². The molecule has 1 aliphatic heterocycles. The number of nitrogens with one attached hydrogen (secondary N) is 1. The first kappa shape index (κ1) is 16.9. The van der Waals surface area contributed by atoms with Gasteiger partial charge in [0.1, 0.15) is 5.75 Å². The summed E-state index contributed by atoms with van der Waals surface area (Å²) in [5.41, 5.74) is 0.630. The third kappa shape index (κ3) is 4.27. The number of carbonyl (C=O) groups excluding carboxylic acids is 2. The Balaban J connectivity index is 1.87. The molecule has 1 aromatic carbocycles. The molecule has 0 bridgehead atoms. The predicted octanol–water partition coefficient (Wildman–Crippen LogP) is 2.22. The van der Waals surface area contributed by atoms with Gasteiger partial charge in [0.2, 0.25) is 0 Å². The molecule has 0 aromatic heterocycles. The van der Waals surface area contributed by atoms with Crippen LogP contribution in [-0.4, -0.2) is 47.8 Å². The van der Waals surface area contributed by atoms with Crippen molar-refractivity contribution >= 4 is 35.0 Å². The molecule has 0 radical (unpaired) electrons. The van der Waals surface area contributed by atoms with Crippen molar-refractivity contribution in [2.45, 2.75) is 23.7 Å². The van der Waals surface area contributed by atoms with Gasteiger partial charge in [0.15, 0.2) is 4.84 Å². The zero-order valence-electron chi connectivity index (χ0n) is 12.2. The van der Waals surface area contributed by atoms with Crippen LogP contribution in [-0.2, 0) is 4.79 Å².